The summed E-state index contributed by atoms with van der Waals surface area (Å²) in [6.07, 6.45) is 0. The van der Waals surface area contributed by atoms with E-state index in [0.29, 0.717) is 54.5 Å². The number of fused-ring (bicyclic) bond motifs is 1. The minimum Gasteiger partial charge on any atom is -0.497 e. The second kappa shape index (κ2) is 10.2. The molecule has 8 heteroatoms. The molecular formula is C28H27N3O5. The average Bonchev–Trinajstić information content (AvgIpc) is 3.37. The van der Waals surface area contributed by atoms with Crippen molar-refractivity contribution in [2.45, 2.75) is 6.04 Å². The molecule has 8 nitrogen and oxygen atoms in total. The van der Waals surface area contributed by atoms with E-state index in [-0.39, 0.29) is 11.9 Å². The molecule has 1 fully saturated rings. The molecule has 36 heavy (non-hydrogen) atoms. The molecule has 1 unspecified atom stereocenters. The fourth-order valence-corrected chi connectivity index (χ4v) is 4.55. The summed E-state index contributed by atoms with van der Waals surface area (Å²) in [5.74, 6) is 0.780. The van der Waals surface area contributed by atoms with E-state index < -0.39 is 6.04 Å². The standard InChI is InChI=1S/C28H27N3O5/c1-34-22-11-12-24-23(18-22)29-26(36-24)20-9-6-10-21(17-20)27(32)31-15-13-30(14-16-31)25(28(33)35-2)19-7-4-3-5-8-19/h3-12,17-18,25H,13-16H2,1-2H3. The first-order chi connectivity index (χ1) is 17.6. The van der Waals surface area contributed by atoms with E-state index in [0.717, 1.165) is 11.1 Å². The fraction of sp³-hybridized carbons (Fsp3) is 0.250. The summed E-state index contributed by atoms with van der Waals surface area (Å²) in [4.78, 5) is 34.3. The number of hydrogen-bond donors (Lipinski definition) is 0. The fourth-order valence-electron chi connectivity index (χ4n) is 4.55. The Bertz CT molecular complexity index is 1380. The summed E-state index contributed by atoms with van der Waals surface area (Å²) in [6, 6.07) is 21.8. The van der Waals surface area contributed by atoms with E-state index in [2.05, 4.69) is 9.88 Å². The van der Waals surface area contributed by atoms with Crippen LogP contribution in [0.3, 0.4) is 0 Å². The minimum absolute atomic E-state index is 0.0661. The molecule has 1 aromatic heterocycles. The van der Waals surface area contributed by atoms with Gasteiger partial charge in [-0.15, -0.1) is 0 Å². The van der Waals surface area contributed by atoms with Crippen LogP contribution < -0.4 is 4.74 Å². The third-order valence-corrected chi connectivity index (χ3v) is 6.46. The molecule has 0 spiro atoms. The molecule has 0 aliphatic carbocycles. The lowest BCUT2D eigenvalue weighted by atomic mass is 10.0. The van der Waals surface area contributed by atoms with Crippen LogP contribution in [0.25, 0.3) is 22.6 Å². The molecule has 1 saturated heterocycles. The Morgan fingerprint density at radius 1 is 0.917 bits per heavy atom. The lowest BCUT2D eigenvalue weighted by molar-refractivity contribution is -0.148. The van der Waals surface area contributed by atoms with Crippen molar-refractivity contribution in [3.8, 4) is 17.2 Å². The number of hydrogen-bond acceptors (Lipinski definition) is 7. The number of carbonyl (C=O) groups excluding carboxylic acids is 2. The van der Waals surface area contributed by atoms with Gasteiger partial charge in [-0.25, -0.2) is 9.78 Å². The van der Waals surface area contributed by atoms with Gasteiger partial charge in [0.2, 0.25) is 5.89 Å². The summed E-state index contributed by atoms with van der Waals surface area (Å²) in [5.41, 5.74) is 3.51. The highest BCUT2D eigenvalue weighted by atomic mass is 16.5. The van der Waals surface area contributed by atoms with Gasteiger partial charge in [-0.05, 0) is 35.9 Å². The van der Waals surface area contributed by atoms with Crippen LogP contribution in [0.15, 0.2) is 77.2 Å². The van der Waals surface area contributed by atoms with Crippen molar-refractivity contribution in [2.75, 3.05) is 40.4 Å². The highest BCUT2D eigenvalue weighted by molar-refractivity contribution is 5.95. The van der Waals surface area contributed by atoms with Crippen LogP contribution in [0.4, 0.5) is 0 Å². The zero-order chi connectivity index (χ0) is 25.1. The van der Waals surface area contributed by atoms with Crippen molar-refractivity contribution in [1.82, 2.24) is 14.8 Å². The maximum atomic E-state index is 13.3. The van der Waals surface area contributed by atoms with Crippen molar-refractivity contribution in [3.63, 3.8) is 0 Å². The Morgan fingerprint density at radius 3 is 2.42 bits per heavy atom. The lowest BCUT2D eigenvalue weighted by Crippen LogP contribution is -2.51. The van der Waals surface area contributed by atoms with Crippen LogP contribution in [-0.4, -0.2) is 67.1 Å². The Kier molecular flexibility index (Phi) is 6.69. The molecular weight excluding hydrogens is 458 g/mol. The summed E-state index contributed by atoms with van der Waals surface area (Å²) < 4.78 is 16.2. The zero-order valence-electron chi connectivity index (χ0n) is 20.2. The van der Waals surface area contributed by atoms with Gasteiger partial charge in [-0.1, -0.05) is 36.4 Å². The number of carbonyl (C=O) groups is 2. The number of oxazole rings is 1. The molecule has 2 heterocycles. The van der Waals surface area contributed by atoms with Crippen LogP contribution >= 0.6 is 0 Å². The second-order valence-corrected chi connectivity index (χ2v) is 8.60. The molecule has 0 radical (unpaired) electrons. The van der Waals surface area contributed by atoms with Gasteiger partial charge in [-0.3, -0.25) is 9.69 Å². The van der Waals surface area contributed by atoms with Crippen molar-refractivity contribution in [1.29, 1.82) is 0 Å². The third kappa shape index (κ3) is 4.67. The van der Waals surface area contributed by atoms with Crippen LogP contribution in [0.1, 0.15) is 22.0 Å². The van der Waals surface area contributed by atoms with Gasteiger partial charge < -0.3 is 18.8 Å². The number of aromatic nitrogens is 1. The van der Waals surface area contributed by atoms with Gasteiger partial charge in [0, 0.05) is 43.4 Å². The second-order valence-electron chi connectivity index (χ2n) is 8.60. The average molecular weight is 486 g/mol. The SMILES string of the molecule is COC(=O)C(c1ccccc1)N1CCN(C(=O)c2cccc(-c3nc4cc(OC)ccc4o3)c2)CC1. The zero-order valence-corrected chi connectivity index (χ0v) is 20.2. The predicted molar refractivity (Wildman–Crippen MR) is 135 cm³/mol. The highest BCUT2D eigenvalue weighted by Crippen LogP contribution is 2.28. The van der Waals surface area contributed by atoms with E-state index in [9.17, 15) is 9.59 Å². The van der Waals surface area contributed by atoms with Gasteiger partial charge in [-0.2, -0.15) is 0 Å². The maximum Gasteiger partial charge on any atom is 0.327 e. The Hall–Kier alpha value is -4.17. The first kappa shape index (κ1) is 23.6. The highest BCUT2D eigenvalue weighted by Gasteiger charge is 2.32. The maximum absolute atomic E-state index is 13.3. The monoisotopic (exact) mass is 485 g/mol. The van der Waals surface area contributed by atoms with Crippen LogP contribution in [0, 0.1) is 0 Å². The van der Waals surface area contributed by atoms with Gasteiger partial charge in [0.1, 0.15) is 17.3 Å². The van der Waals surface area contributed by atoms with Crippen molar-refractivity contribution in [3.05, 3.63) is 83.9 Å². The van der Waals surface area contributed by atoms with Gasteiger partial charge in [0.15, 0.2) is 5.58 Å². The number of benzene rings is 3. The predicted octanol–water partition coefficient (Wildman–Crippen LogP) is 4.18. The smallest absolute Gasteiger partial charge is 0.327 e. The van der Waals surface area contributed by atoms with Gasteiger partial charge in [0.25, 0.3) is 5.91 Å². The number of ether oxygens (including phenoxy) is 2. The Balaban J connectivity index is 1.30. The number of esters is 1. The Labute approximate surface area is 209 Å². The first-order valence-corrected chi connectivity index (χ1v) is 11.8. The summed E-state index contributed by atoms with van der Waals surface area (Å²) in [5, 5.41) is 0. The van der Waals surface area contributed by atoms with Crippen molar-refractivity contribution < 1.29 is 23.5 Å². The molecule has 4 aromatic rings. The lowest BCUT2D eigenvalue weighted by Gasteiger charge is -2.38. The molecule has 0 saturated carbocycles. The van der Waals surface area contributed by atoms with Crippen LogP contribution in [-0.2, 0) is 9.53 Å². The van der Waals surface area contributed by atoms with E-state index in [1.165, 1.54) is 7.11 Å². The molecule has 184 valence electrons. The molecule has 1 aliphatic heterocycles. The molecule has 3 aromatic carbocycles. The number of rotatable bonds is 6. The molecule has 1 atom stereocenters. The number of methoxy groups -OCH3 is 2. The molecule has 1 aliphatic rings. The first-order valence-electron chi connectivity index (χ1n) is 11.8. The largest absolute Gasteiger partial charge is 0.497 e. The van der Waals surface area contributed by atoms with Gasteiger partial charge >= 0.3 is 5.97 Å². The number of nitrogens with zero attached hydrogens (tertiary/aromatic N) is 3. The molecule has 0 bridgehead atoms. The number of amides is 1. The molecule has 1 amide bonds. The minimum atomic E-state index is -0.491. The topological polar surface area (TPSA) is 85.1 Å². The normalized spacial score (nSPS) is 15.0. The van der Waals surface area contributed by atoms with E-state index in [1.807, 2.05) is 65.6 Å². The van der Waals surface area contributed by atoms with E-state index >= 15 is 0 Å². The van der Waals surface area contributed by atoms with Crippen molar-refractivity contribution in [2.24, 2.45) is 0 Å². The molecule has 0 N–H and O–H groups in total. The number of piperazine rings is 1. The molecule has 5 rings (SSSR count). The van der Waals surface area contributed by atoms with Crippen LogP contribution in [0.2, 0.25) is 0 Å². The van der Waals surface area contributed by atoms with E-state index in [4.69, 9.17) is 13.9 Å². The summed E-state index contributed by atoms with van der Waals surface area (Å²) >= 11 is 0. The van der Waals surface area contributed by atoms with Crippen molar-refractivity contribution >= 4 is 23.0 Å². The summed E-state index contributed by atoms with van der Waals surface area (Å²) in [7, 11) is 3.01. The van der Waals surface area contributed by atoms with E-state index in [1.54, 1.807) is 19.2 Å². The summed E-state index contributed by atoms with van der Waals surface area (Å²) in [6.45, 7) is 2.14. The quantitative estimate of drug-likeness (QED) is 0.379. The third-order valence-electron chi connectivity index (χ3n) is 6.46. The van der Waals surface area contributed by atoms with Crippen LogP contribution in [0.5, 0.6) is 5.75 Å². The Morgan fingerprint density at radius 2 is 1.69 bits per heavy atom. The van der Waals surface area contributed by atoms with Gasteiger partial charge in [0.05, 0.1) is 14.2 Å².